The lowest BCUT2D eigenvalue weighted by Gasteiger charge is -2.07. The Morgan fingerprint density at radius 1 is 1.50 bits per heavy atom. The fraction of sp³-hybridized carbons (Fsp3) is 0.364. The highest BCUT2D eigenvalue weighted by Crippen LogP contribution is 2.16. The van der Waals surface area contributed by atoms with Gasteiger partial charge in [0, 0.05) is 11.8 Å². The zero-order chi connectivity index (χ0) is 11.8. The van der Waals surface area contributed by atoms with Crippen molar-refractivity contribution in [3.63, 3.8) is 0 Å². The molecular weight excluding hydrogens is 208 g/mol. The van der Waals surface area contributed by atoms with Crippen LogP contribution in [0.25, 0.3) is 0 Å². The van der Waals surface area contributed by atoms with Crippen LogP contribution in [0.3, 0.4) is 0 Å². The van der Waals surface area contributed by atoms with Crippen LogP contribution < -0.4 is 15.8 Å². The van der Waals surface area contributed by atoms with Gasteiger partial charge in [-0.05, 0) is 25.1 Å². The minimum absolute atomic E-state index is 0.326. The van der Waals surface area contributed by atoms with Crippen molar-refractivity contribution in [3.05, 3.63) is 24.3 Å². The molecule has 0 heterocycles. The molecule has 3 N–H and O–H groups in total. The maximum Gasteiger partial charge on any atom is 0.411 e. The monoisotopic (exact) mass is 224 g/mol. The number of benzene rings is 1. The molecule has 0 aliphatic heterocycles. The summed E-state index contributed by atoms with van der Waals surface area (Å²) < 4.78 is 9.92. The van der Waals surface area contributed by atoms with E-state index in [1.54, 1.807) is 31.4 Å². The number of rotatable bonds is 5. The maximum absolute atomic E-state index is 11.3. The maximum atomic E-state index is 11.3. The number of carbonyl (C=O) groups is 1. The Hall–Kier alpha value is -1.75. The van der Waals surface area contributed by atoms with Crippen LogP contribution in [-0.4, -0.2) is 26.4 Å². The first-order chi connectivity index (χ1) is 7.76. The van der Waals surface area contributed by atoms with E-state index in [1.807, 2.05) is 0 Å². The van der Waals surface area contributed by atoms with Crippen LogP contribution in [0.1, 0.15) is 6.42 Å². The van der Waals surface area contributed by atoms with Gasteiger partial charge in [-0.15, -0.1) is 0 Å². The molecule has 88 valence electrons. The first kappa shape index (κ1) is 12.3. The molecule has 5 heteroatoms. The summed E-state index contributed by atoms with van der Waals surface area (Å²) in [5.41, 5.74) is 5.91. The Balaban J connectivity index is 2.43. The molecule has 0 saturated carbocycles. The van der Waals surface area contributed by atoms with Crippen molar-refractivity contribution in [2.24, 2.45) is 5.73 Å². The van der Waals surface area contributed by atoms with E-state index in [2.05, 4.69) is 5.32 Å². The Morgan fingerprint density at radius 3 is 3.00 bits per heavy atom. The second-order valence-electron chi connectivity index (χ2n) is 3.14. The number of methoxy groups -OCH3 is 1. The molecule has 1 rings (SSSR count). The fourth-order valence-electron chi connectivity index (χ4n) is 1.10. The molecule has 0 spiro atoms. The predicted molar refractivity (Wildman–Crippen MR) is 61.6 cm³/mol. The van der Waals surface area contributed by atoms with Crippen molar-refractivity contribution in [2.45, 2.75) is 6.42 Å². The molecule has 0 atom stereocenters. The molecule has 16 heavy (non-hydrogen) atoms. The van der Waals surface area contributed by atoms with E-state index in [4.69, 9.17) is 15.2 Å². The summed E-state index contributed by atoms with van der Waals surface area (Å²) >= 11 is 0. The quantitative estimate of drug-likeness (QED) is 0.745. The number of hydrogen-bond donors (Lipinski definition) is 2. The van der Waals surface area contributed by atoms with Crippen LogP contribution in [0, 0.1) is 0 Å². The standard InChI is InChI=1S/C11H16N2O3/c1-15-10-5-2-4-9(8-10)13-11(14)16-7-3-6-12/h2,4-5,8H,3,6-7,12H2,1H3,(H,13,14). The third-order valence-electron chi connectivity index (χ3n) is 1.90. The van der Waals surface area contributed by atoms with E-state index in [1.165, 1.54) is 0 Å². The summed E-state index contributed by atoms with van der Waals surface area (Å²) in [6.45, 7) is 0.832. The number of carbonyl (C=O) groups excluding carboxylic acids is 1. The number of nitrogens with two attached hydrogens (primary N) is 1. The number of amides is 1. The van der Waals surface area contributed by atoms with Crippen LogP contribution >= 0.6 is 0 Å². The van der Waals surface area contributed by atoms with Gasteiger partial charge in [-0.25, -0.2) is 4.79 Å². The lowest BCUT2D eigenvalue weighted by Crippen LogP contribution is -2.15. The van der Waals surface area contributed by atoms with Crippen molar-refractivity contribution in [3.8, 4) is 5.75 Å². The molecule has 0 radical (unpaired) electrons. The lowest BCUT2D eigenvalue weighted by atomic mass is 10.3. The van der Waals surface area contributed by atoms with Gasteiger partial charge >= 0.3 is 6.09 Å². The normalized spacial score (nSPS) is 9.62. The average Bonchev–Trinajstić information content (AvgIpc) is 2.29. The Morgan fingerprint density at radius 2 is 2.31 bits per heavy atom. The van der Waals surface area contributed by atoms with Gasteiger partial charge in [0.2, 0.25) is 0 Å². The van der Waals surface area contributed by atoms with Crippen LogP contribution in [0.5, 0.6) is 5.75 Å². The summed E-state index contributed by atoms with van der Waals surface area (Å²) in [6, 6.07) is 7.05. The average molecular weight is 224 g/mol. The van der Waals surface area contributed by atoms with Gasteiger partial charge in [0.25, 0.3) is 0 Å². The van der Waals surface area contributed by atoms with E-state index in [0.717, 1.165) is 0 Å². The highest BCUT2D eigenvalue weighted by atomic mass is 16.5. The summed E-state index contributed by atoms with van der Waals surface area (Å²) in [7, 11) is 1.57. The fourth-order valence-corrected chi connectivity index (χ4v) is 1.10. The van der Waals surface area contributed by atoms with Crippen molar-refractivity contribution in [1.82, 2.24) is 0 Å². The van der Waals surface area contributed by atoms with Gasteiger partial charge in [-0.2, -0.15) is 0 Å². The topological polar surface area (TPSA) is 73.6 Å². The second-order valence-corrected chi connectivity index (χ2v) is 3.14. The largest absolute Gasteiger partial charge is 0.497 e. The van der Waals surface area contributed by atoms with E-state index >= 15 is 0 Å². The van der Waals surface area contributed by atoms with E-state index in [9.17, 15) is 4.79 Å². The zero-order valence-corrected chi connectivity index (χ0v) is 9.23. The summed E-state index contributed by atoms with van der Waals surface area (Å²) in [5.74, 6) is 0.680. The first-order valence-electron chi connectivity index (χ1n) is 5.04. The molecule has 1 amide bonds. The number of hydrogen-bond acceptors (Lipinski definition) is 4. The molecule has 0 fully saturated rings. The molecular formula is C11H16N2O3. The van der Waals surface area contributed by atoms with Gasteiger partial charge in [0.15, 0.2) is 0 Å². The van der Waals surface area contributed by atoms with E-state index < -0.39 is 6.09 Å². The van der Waals surface area contributed by atoms with Crippen molar-refractivity contribution in [1.29, 1.82) is 0 Å². The number of ether oxygens (including phenoxy) is 2. The SMILES string of the molecule is COc1cccc(NC(=O)OCCCN)c1. The van der Waals surface area contributed by atoms with Crippen LogP contribution in [0.15, 0.2) is 24.3 Å². The second kappa shape index (κ2) is 6.68. The van der Waals surface area contributed by atoms with Crippen LogP contribution in [0.2, 0.25) is 0 Å². The minimum atomic E-state index is -0.485. The van der Waals surface area contributed by atoms with Crippen LogP contribution in [0.4, 0.5) is 10.5 Å². The molecule has 0 aliphatic rings. The van der Waals surface area contributed by atoms with Crippen molar-refractivity contribution >= 4 is 11.8 Å². The summed E-state index contributed by atoms with van der Waals surface area (Å²) in [5, 5.41) is 2.59. The smallest absolute Gasteiger partial charge is 0.411 e. The van der Waals surface area contributed by atoms with Crippen molar-refractivity contribution in [2.75, 3.05) is 25.6 Å². The van der Waals surface area contributed by atoms with Crippen molar-refractivity contribution < 1.29 is 14.3 Å². The minimum Gasteiger partial charge on any atom is -0.497 e. The van der Waals surface area contributed by atoms with Gasteiger partial charge in [0.1, 0.15) is 5.75 Å². The summed E-state index contributed by atoms with van der Waals surface area (Å²) in [4.78, 5) is 11.3. The van der Waals surface area contributed by atoms with Gasteiger partial charge in [0.05, 0.1) is 13.7 Å². The van der Waals surface area contributed by atoms with Gasteiger partial charge < -0.3 is 15.2 Å². The molecule has 1 aromatic rings. The van der Waals surface area contributed by atoms with Crippen LogP contribution in [-0.2, 0) is 4.74 Å². The molecule has 0 aromatic heterocycles. The lowest BCUT2D eigenvalue weighted by molar-refractivity contribution is 0.161. The predicted octanol–water partition coefficient (Wildman–Crippen LogP) is 1.59. The number of anilines is 1. The molecule has 0 saturated heterocycles. The molecule has 1 aromatic carbocycles. The van der Waals surface area contributed by atoms with Gasteiger partial charge in [-0.3, -0.25) is 5.32 Å². The molecule has 5 nitrogen and oxygen atoms in total. The Labute approximate surface area is 94.5 Å². The molecule has 0 bridgehead atoms. The number of nitrogens with one attached hydrogen (secondary N) is 1. The Kier molecular flexibility index (Phi) is 5.15. The molecule has 0 aliphatic carbocycles. The highest BCUT2D eigenvalue weighted by Gasteiger charge is 2.03. The Bertz CT molecular complexity index is 342. The van der Waals surface area contributed by atoms with E-state index in [0.29, 0.717) is 31.0 Å². The highest BCUT2D eigenvalue weighted by molar-refractivity contribution is 5.84. The third kappa shape index (κ3) is 4.18. The molecule has 0 unspecified atom stereocenters. The van der Waals surface area contributed by atoms with E-state index in [-0.39, 0.29) is 0 Å². The third-order valence-corrected chi connectivity index (χ3v) is 1.90. The van der Waals surface area contributed by atoms with Gasteiger partial charge in [-0.1, -0.05) is 6.07 Å². The summed E-state index contributed by atoms with van der Waals surface area (Å²) in [6.07, 6.45) is 0.174. The zero-order valence-electron chi connectivity index (χ0n) is 9.23. The first-order valence-corrected chi connectivity index (χ1v) is 5.04.